The van der Waals surface area contributed by atoms with Crippen molar-refractivity contribution in [3.8, 4) is 0 Å². The van der Waals surface area contributed by atoms with E-state index in [0.29, 0.717) is 23.6 Å². The molecule has 3 rings (SSSR count). The second-order valence-corrected chi connectivity index (χ2v) is 11.0. The third kappa shape index (κ3) is 7.47. The molecule has 0 radical (unpaired) electrons. The van der Waals surface area contributed by atoms with Crippen LogP contribution in [0.3, 0.4) is 0 Å². The zero-order valence-corrected chi connectivity index (χ0v) is 22.8. The smallest absolute Gasteiger partial charge is 0.374 e. The van der Waals surface area contributed by atoms with Gasteiger partial charge in [-0.05, 0) is 58.7 Å². The number of aliphatic hydroxyl groups is 1. The number of hydrogen-bond donors (Lipinski definition) is 1. The quantitative estimate of drug-likeness (QED) is 0.222. The van der Waals surface area contributed by atoms with Gasteiger partial charge in [0, 0.05) is 23.7 Å². The van der Waals surface area contributed by atoms with Gasteiger partial charge in [0.25, 0.3) is 0 Å². The van der Waals surface area contributed by atoms with E-state index >= 15 is 0 Å². The van der Waals surface area contributed by atoms with E-state index in [1.54, 1.807) is 11.0 Å². The molecule has 1 unspecified atom stereocenters. The van der Waals surface area contributed by atoms with Gasteiger partial charge in [0.15, 0.2) is 0 Å². The molecule has 1 N–H and O–H groups in total. The van der Waals surface area contributed by atoms with E-state index in [0.717, 1.165) is 28.7 Å². The van der Waals surface area contributed by atoms with Gasteiger partial charge in [-0.1, -0.05) is 87.3 Å². The molecule has 0 saturated carbocycles. The SMILES string of the molecule is CCc1cc(CCN(Cc2ccc(C(C)(C)C)cc2)C(O)c2cc(C(F)(F)F)cc(Cl)c2F)ccc1Cl. The fourth-order valence-corrected chi connectivity index (χ4v) is 4.60. The normalized spacial score (nSPS) is 13.3. The number of benzene rings is 3. The molecule has 0 aliphatic heterocycles. The van der Waals surface area contributed by atoms with E-state index in [9.17, 15) is 22.7 Å². The molecule has 200 valence electrons. The Morgan fingerprint density at radius 1 is 0.865 bits per heavy atom. The van der Waals surface area contributed by atoms with Crippen LogP contribution in [0.4, 0.5) is 17.6 Å². The van der Waals surface area contributed by atoms with Crippen LogP contribution >= 0.6 is 23.2 Å². The number of nitrogens with zero attached hydrogens (tertiary/aromatic N) is 1. The van der Waals surface area contributed by atoms with Crippen molar-refractivity contribution in [3.05, 3.63) is 104 Å². The lowest BCUT2D eigenvalue weighted by molar-refractivity contribution is -0.137. The monoisotopic (exact) mass is 555 g/mol. The van der Waals surface area contributed by atoms with Gasteiger partial charge >= 0.3 is 6.18 Å². The van der Waals surface area contributed by atoms with Crippen molar-refractivity contribution in [1.29, 1.82) is 0 Å². The van der Waals surface area contributed by atoms with E-state index in [4.69, 9.17) is 23.2 Å². The second kappa shape index (κ2) is 11.7. The van der Waals surface area contributed by atoms with Crippen LogP contribution in [0.2, 0.25) is 10.0 Å². The lowest BCUT2D eigenvalue weighted by Crippen LogP contribution is -2.31. The molecule has 3 aromatic carbocycles. The fraction of sp³-hybridized carbons (Fsp3) is 0.379. The molecular weight excluding hydrogens is 525 g/mol. The highest BCUT2D eigenvalue weighted by molar-refractivity contribution is 6.31. The third-order valence-corrected chi connectivity index (χ3v) is 7.04. The molecule has 0 aromatic heterocycles. The summed E-state index contributed by atoms with van der Waals surface area (Å²) in [5, 5.41) is 11.1. The van der Waals surface area contributed by atoms with Crippen LogP contribution in [0, 0.1) is 5.82 Å². The average Bonchev–Trinajstić information content (AvgIpc) is 2.82. The predicted molar refractivity (Wildman–Crippen MR) is 141 cm³/mol. The molecule has 0 aliphatic carbocycles. The lowest BCUT2D eigenvalue weighted by Gasteiger charge is -2.29. The lowest BCUT2D eigenvalue weighted by atomic mass is 9.87. The zero-order valence-electron chi connectivity index (χ0n) is 21.3. The summed E-state index contributed by atoms with van der Waals surface area (Å²) in [6.07, 6.45) is -5.18. The Hall–Kier alpha value is -2.12. The van der Waals surface area contributed by atoms with Crippen LogP contribution in [0.1, 0.15) is 67.3 Å². The topological polar surface area (TPSA) is 23.5 Å². The maximum atomic E-state index is 14.9. The summed E-state index contributed by atoms with van der Waals surface area (Å²) >= 11 is 12.0. The average molecular weight is 556 g/mol. The highest BCUT2D eigenvalue weighted by Gasteiger charge is 2.34. The number of rotatable bonds is 8. The van der Waals surface area contributed by atoms with Gasteiger partial charge in [-0.2, -0.15) is 13.2 Å². The van der Waals surface area contributed by atoms with Gasteiger partial charge in [0.05, 0.1) is 10.6 Å². The first-order chi connectivity index (χ1) is 17.2. The standard InChI is InChI=1S/C29H31Cl2F4NO/c1-5-20-14-18(8-11-24(20)30)12-13-36(17-19-6-9-21(10-7-19)28(2,3)4)27(37)23-15-22(29(33,34)35)16-25(31)26(23)32/h6-11,14-16,27,37H,5,12-13,17H2,1-4H3. The molecule has 0 aliphatic rings. The maximum absolute atomic E-state index is 14.9. The minimum atomic E-state index is -4.74. The number of hydrogen-bond acceptors (Lipinski definition) is 2. The summed E-state index contributed by atoms with van der Waals surface area (Å²) in [6, 6.07) is 14.6. The molecule has 0 amide bonds. The van der Waals surface area contributed by atoms with Crippen LogP contribution in [-0.4, -0.2) is 16.6 Å². The molecule has 37 heavy (non-hydrogen) atoms. The Bertz CT molecular complexity index is 1220. The first-order valence-corrected chi connectivity index (χ1v) is 12.8. The molecule has 2 nitrogen and oxygen atoms in total. The highest BCUT2D eigenvalue weighted by Crippen LogP contribution is 2.36. The van der Waals surface area contributed by atoms with Gasteiger partial charge in [-0.15, -0.1) is 0 Å². The van der Waals surface area contributed by atoms with Gasteiger partial charge in [0.1, 0.15) is 12.0 Å². The molecule has 0 spiro atoms. The van der Waals surface area contributed by atoms with E-state index in [1.165, 1.54) is 0 Å². The Balaban J connectivity index is 1.96. The number of aryl methyl sites for hydroxylation is 1. The second-order valence-electron chi connectivity index (χ2n) is 10.2. The van der Waals surface area contributed by atoms with Crippen molar-refractivity contribution >= 4 is 23.2 Å². The van der Waals surface area contributed by atoms with Crippen LogP contribution in [0.15, 0.2) is 54.6 Å². The minimum absolute atomic E-state index is 0.0544. The Morgan fingerprint density at radius 3 is 2.05 bits per heavy atom. The Morgan fingerprint density at radius 2 is 1.49 bits per heavy atom. The Labute approximate surface area is 225 Å². The zero-order chi connectivity index (χ0) is 27.5. The highest BCUT2D eigenvalue weighted by atomic mass is 35.5. The molecular formula is C29H31Cl2F4NO. The van der Waals surface area contributed by atoms with Gasteiger partial charge in [0.2, 0.25) is 0 Å². The predicted octanol–water partition coefficient (Wildman–Crippen LogP) is 8.75. The maximum Gasteiger partial charge on any atom is 0.416 e. The third-order valence-electron chi connectivity index (χ3n) is 6.39. The van der Waals surface area contributed by atoms with Crippen LogP contribution in [0.25, 0.3) is 0 Å². The molecule has 0 bridgehead atoms. The van der Waals surface area contributed by atoms with Crippen molar-refractivity contribution in [2.75, 3.05) is 6.54 Å². The minimum Gasteiger partial charge on any atom is -0.374 e. The van der Waals surface area contributed by atoms with Crippen molar-refractivity contribution in [2.24, 2.45) is 0 Å². The summed E-state index contributed by atoms with van der Waals surface area (Å²) in [6.45, 7) is 8.70. The summed E-state index contributed by atoms with van der Waals surface area (Å²) in [5.74, 6) is -1.07. The van der Waals surface area contributed by atoms with Crippen LogP contribution in [0.5, 0.6) is 0 Å². The molecule has 8 heteroatoms. The molecule has 3 aromatic rings. The van der Waals surface area contributed by atoms with Gasteiger partial charge in [-0.3, -0.25) is 4.90 Å². The van der Waals surface area contributed by atoms with Gasteiger partial charge in [-0.25, -0.2) is 4.39 Å². The van der Waals surface area contributed by atoms with E-state index in [2.05, 4.69) is 20.8 Å². The first kappa shape index (κ1) is 29.4. The van der Waals surface area contributed by atoms with Crippen molar-refractivity contribution in [2.45, 2.75) is 64.9 Å². The van der Waals surface area contributed by atoms with Gasteiger partial charge < -0.3 is 5.11 Å². The number of halogens is 6. The molecule has 0 fully saturated rings. The molecule has 1 atom stereocenters. The molecule has 0 saturated heterocycles. The van der Waals surface area contributed by atoms with Crippen molar-refractivity contribution < 1.29 is 22.7 Å². The summed E-state index contributed by atoms with van der Waals surface area (Å²) in [7, 11) is 0. The molecule has 0 heterocycles. The van der Waals surface area contributed by atoms with E-state index in [-0.39, 0.29) is 18.5 Å². The van der Waals surface area contributed by atoms with Crippen LogP contribution < -0.4 is 0 Å². The van der Waals surface area contributed by atoms with Crippen molar-refractivity contribution in [1.82, 2.24) is 4.90 Å². The summed E-state index contributed by atoms with van der Waals surface area (Å²) < 4.78 is 55.1. The fourth-order valence-electron chi connectivity index (χ4n) is 4.12. The summed E-state index contributed by atoms with van der Waals surface area (Å²) in [4.78, 5) is 1.54. The largest absolute Gasteiger partial charge is 0.416 e. The van der Waals surface area contributed by atoms with E-state index in [1.807, 2.05) is 43.3 Å². The van der Waals surface area contributed by atoms with E-state index < -0.39 is 34.4 Å². The van der Waals surface area contributed by atoms with Crippen LogP contribution in [-0.2, 0) is 31.0 Å². The summed E-state index contributed by atoms with van der Waals surface area (Å²) in [5.41, 5.74) is 2.18. The number of aliphatic hydroxyl groups excluding tert-OH is 1. The first-order valence-electron chi connectivity index (χ1n) is 12.1. The Kier molecular flexibility index (Phi) is 9.33. The van der Waals surface area contributed by atoms with Crippen molar-refractivity contribution in [3.63, 3.8) is 0 Å². The number of alkyl halides is 3.